The van der Waals surface area contributed by atoms with Crippen LogP contribution in [0.25, 0.3) is 0 Å². The summed E-state index contributed by atoms with van der Waals surface area (Å²) in [5.74, 6) is -0.571. The summed E-state index contributed by atoms with van der Waals surface area (Å²) in [5, 5.41) is 9.23. The van der Waals surface area contributed by atoms with Crippen molar-refractivity contribution in [2.45, 2.75) is 90.4 Å². The maximum absolute atomic E-state index is 11.2. The molecule has 0 bridgehead atoms. The molecule has 0 aliphatic heterocycles. The zero-order chi connectivity index (χ0) is 17.8. The number of carbonyl (C=O) groups is 1. The summed E-state index contributed by atoms with van der Waals surface area (Å²) in [7, 11) is 0. The maximum atomic E-state index is 11.2. The van der Waals surface area contributed by atoms with Crippen LogP contribution >= 0.6 is 0 Å². The van der Waals surface area contributed by atoms with Crippen LogP contribution in [-0.2, 0) is 17.6 Å². The lowest BCUT2D eigenvalue weighted by molar-refractivity contribution is -0.143. The second-order valence-electron chi connectivity index (χ2n) is 8.93. The molecule has 2 aliphatic rings. The van der Waals surface area contributed by atoms with E-state index in [0.717, 1.165) is 38.5 Å². The van der Waals surface area contributed by atoms with Crippen molar-refractivity contribution in [3.8, 4) is 0 Å². The first-order valence-corrected chi connectivity index (χ1v) is 10.3. The molecule has 1 aromatic rings. The van der Waals surface area contributed by atoms with Crippen molar-refractivity contribution in [1.82, 2.24) is 0 Å². The number of carboxylic acid groups (broad SMARTS) is 1. The monoisotopic (exact) mass is 342 g/mol. The molecule has 1 N–H and O–H groups in total. The average molecular weight is 343 g/mol. The van der Waals surface area contributed by atoms with E-state index in [4.69, 9.17) is 0 Å². The highest BCUT2D eigenvalue weighted by atomic mass is 16.4. The zero-order valence-electron chi connectivity index (χ0n) is 15.9. The summed E-state index contributed by atoms with van der Waals surface area (Å²) >= 11 is 0. The van der Waals surface area contributed by atoms with Crippen LogP contribution in [-0.4, -0.2) is 11.1 Å². The molecule has 2 aliphatic carbocycles. The van der Waals surface area contributed by atoms with Gasteiger partial charge in [-0.25, -0.2) is 0 Å². The number of aliphatic carboxylic acids is 1. The highest BCUT2D eigenvalue weighted by molar-refractivity contribution is 5.77. The number of benzene rings is 1. The van der Waals surface area contributed by atoms with Gasteiger partial charge in [-0.05, 0) is 80.8 Å². The van der Waals surface area contributed by atoms with Gasteiger partial charge in [0.2, 0.25) is 0 Å². The topological polar surface area (TPSA) is 37.3 Å². The molecule has 138 valence electrons. The predicted molar refractivity (Wildman–Crippen MR) is 103 cm³/mol. The number of carboxylic acids is 1. The highest BCUT2D eigenvalue weighted by Crippen LogP contribution is 2.50. The smallest absolute Gasteiger partial charge is 0.309 e. The molecule has 0 aromatic heterocycles. The zero-order valence-corrected chi connectivity index (χ0v) is 15.9. The summed E-state index contributed by atoms with van der Waals surface area (Å²) in [6.45, 7) is 2.43. The fourth-order valence-corrected chi connectivity index (χ4v) is 4.05. The van der Waals surface area contributed by atoms with E-state index in [2.05, 4.69) is 31.2 Å². The van der Waals surface area contributed by atoms with Gasteiger partial charge in [-0.3, -0.25) is 4.79 Å². The molecule has 2 nitrogen and oxygen atoms in total. The van der Waals surface area contributed by atoms with Crippen molar-refractivity contribution in [2.24, 2.45) is 10.8 Å². The SMILES string of the molecule is CC1(CCCCc2ccccc2CCCCCC2(C(=O)O)CC2)CC1. The minimum Gasteiger partial charge on any atom is -0.481 e. The van der Waals surface area contributed by atoms with E-state index in [1.54, 1.807) is 0 Å². The fourth-order valence-electron chi connectivity index (χ4n) is 4.05. The number of unbranched alkanes of at least 4 members (excludes halogenated alkanes) is 3. The molecule has 2 saturated carbocycles. The second kappa shape index (κ2) is 7.93. The molecular formula is C23H34O2. The number of hydrogen-bond donors (Lipinski definition) is 1. The quantitative estimate of drug-likeness (QED) is 0.461. The molecule has 1 aromatic carbocycles. The first kappa shape index (κ1) is 18.5. The lowest BCUT2D eigenvalue weighted by Crippen LogP contribution is -2.14. The first-order chi connectivity index (χ1) is 12.0. The van der Waals surface area contributed by atoms with Crippen molar-refractivity contribution < 1.29 is 9.90 Å². The van der Waals surface area contributed by atoms with Gasteiger partial charge in [0.1, 0.15) is 0 Å². The van der Waals surface area contributed by atoms with E-state index >= 15 is 0 Å². The molecule has 25 heavy (non-hydrogen) atoms. The first-order valence-electron chi connectivity index (χ1n) is 10.3. The molecule has 0 radical (unpaired) electrons. The largest absolute Gasteiger partial charge is 0.481 e. The van der Waals surface area contributed by atoms with Crippen LogP contribution in [0, 0.1) is 10.8 Å². The normalized spacial score (nSPS) is 19.6. The van der Waals surface area contributed by atoms with Gasteiger partial charge in [0.25, 0.3) is 0 Å². The second-order valence-corrected chi connectivity index (χ2v) is 8.93. The van der Waals surface area contributed by atoms with Gasteiger partial charge >= 0.3 is 5.97 Å². The van der Waals surface area contributed by atoms with E-state index in [-0.39, 0.29) is 5.41 Å². The minimum atomic E-state index is -0.571. The van der Waals surface area contributed by atoms with Crippen LogP contribution in [0.2, 0.25) is 0 Å². The van der Waals surface area contributed by atoms with Gasteiger partial charge < -0.3 is 5.11 Å². The average Bonchev–Trinajstić information content (AvgIpc) is 3.51. The third-order valence-corrected chi connectivity index (χ3v) is 6.61. The Morgan fingerprint density at radius 3 is 1.96 bits per heavy atom. The molecular weight excluding hydrogens is 308 g/mol. The summed E-state index contributed by atoms with van der Waals surface area (Å²) in [4.78, 5) is 11.2. The highest BCUT2D eigenvalue weighted by Gasteiger charge is 2.49. The van der Waals surface area contributed by atoms with Crippen LogP contribution in [0.15, 0.2) is 24.3 Å². The molecule has 0 amide bonds. The third kappa shape index (κ3) is 5.33. The molecule has 2 heteroatoms. The van der Waals surface area contributed by atoms with Gasteiger partial charge in [0.15, 0.2) is 0 Å². The number of aryl methyl sites for hydroxylation is 2. The number of hydrogen-bond acceptors (Lipinski definition) is 1. The van der Waals surface area contributed by atoms with Crippen molar-refractivity contribution in [3.63, 3.8) is 0 Å². The molecule has 0 spiro atoms. The Labute approximate surface area is 153 Å². The van der Waals surface area contributed by atoms with E-state index in [0.29, 0.717) is 5.41 Å². The molecule has 0 atom stereocenters. The maximum Gasteiger partial charge on any atom is 0.309 e. The Morgan fingerprint density at radius 2 is 1.44 bits per heavy atom. The van der Waals surface area contributed by atoms with Crippen molar-refractivity contribution in [3.05, 3.63) is 35.4 Å². The van der Waals surface area contributed by atoms with Gasteiger partial charge in [0.05, 0.1) is 5.41 Å². The van der Waals surface area contributed by atoms with Crippen molar-refractivity contribution in [1.29, 1.82) is 0 Å². The molecule has 0 heterocycles. The Balaban J connectivity index is 1.35. The number of rotatable bonds is 12. The summed E-state index contributed by atoms with van der Waals surface area (Å²) in [6, 6.07) is 8.92. The summed E-state index contributed by atoms with van der Waals surface area (Å²) < 4.78 is 0. The third-order valence-electron chi connectivity index (χ3n) is 6.61. The lowest BCUT2D eigenvalue weighted by Gasteiger charge is -2.12. The predicted octanol–water partition coefficient (Wildman–Crippen LogP) is 6.17. The van der Waals surface area contributed by atoms with Crippen LogP contribution in [0.3, 0.4) is 0 Å². The van der Waals surface area contributed by atoms with Gasteiger partial charge in [-0.1, -0.05) is 50.5 Å². The Bertz CT molecular complexity index is 582. The lowest BCUT2D eigenvalue weighted by atomic mass is 9.94. The Hall–Kier alpha value is -1.31. The molecule has 3 rings (SSSR count). The molecule has 2 fully saturated rings. The Morgan fingerprint density at radius 1 is 0.880 bits per heavy atom. The van der Waals surface area contributed by atoms with Gasteiger partial charge in [-0.2, -0.15) is 0 Å². The summed E-state index contributed by atoms with van der Waals surface area (Å²) in [5.41, 5.74) is 3.40. The van der Waals surface area contributed by atoms with E-state index < -0.39 is 5.97 Å². The van der Waals surface area contributed by atoms with Crippen LogP contribution in [0.4, 0.5) is 0 Å². The van der Waals surface area contributed by atoms with Gasteiger partial charge in [-0.15, -0.1) is 0 Å². The minimum absolute atomic E-state index is 0.337. The van der Waals surface area contributed by atoms with Gasteiger partial charge in [0, 0.05) is 0 Å². The standard InChI is InChI=1S/C23H34O2/c1-22(15-16-22)13-8-6-12-20-11-5-4-10-19(20)9-3-2-7-14-23(17-18-23)21(24)25/h4-5,10-11H,2-3,6-9,12-18H2,1H3,(H,24,25). The van der Waals surface area contributed by atoms with Crippen LogP contribution in [0.5, 0.6) is 0 Å². The van der Waals surface area contributed by atoms with Crippen LogP contribution in [0.1, 0.15) is 88.7 Å². The van der Waals surface area contributed by atoms with E-state index in [1.807, 2.05) is 0 Å². The molecule has 0 saturated heterocycles. The summed E-state index contributed by atoms with van der Waals surface area (Å²) in [6.07, 6.45) is 15.4. The Kier molecular flexibility index (Phi) is 5.86. The van der Waals surface area contributed by atoms with E-state index in [1.165, 1.54) is 56.1 Å². The fraction of sp³-hybridized carbons (Fsp3) is 0.696. The van der Waals surface area contributed by atoms with Crippen molar-refractivity contribution >= 4 is 5.97 Å². The van der Waals surface area contributed by atoms with Crippen LogP contribution < -0.4 is 0 Å². The van der Waals surface area contributed by atoms with Crippen molar-refractivity contribution in [2.75, 3.05) is 0 Å². The molecule has 0 unspecified atom stereocenters. The van der Waals surface area contributed by atoms with E-state index in [9.17, 15) is 9.90 Å².